The summed E-state index contributed by atoms with van der Waals surface area (Å²) in [6.45, 7) is 15.2. The lowest BCUT2D eigenvalue weighted by atomic mass is 9.65. The van der Waals surface area contributed by atoms with Gasteiger partial charge in [-0.3, -0.25) is 0 Å². The van der Waals surface area contributed by atoms with Crippen molar-refractivity contribution in [3.8, 4) is 0 Å². The number of allylic oxidation sites excluding steroid dienone is 2. The van der Waals surface area contributed by atoms with Crippen LogP contribution in [0.25, 0.3) is 0 Å². The SMILES string of the molecule is C=C(C)CCC1C(=C)C(I)CCC1(C)C. The Morgan fingerprint density at radius 1 is 1.53 bits per heavy atom. The average molecular weight is 318 g/mol. The van der Waals surface area contributed by atoms with Crippen LogP contribution >= 0.6 is 22.6 Å². The molecule has 0 aromatic carbocycles. The Morgan fingerprint density at radius 2 is 2.13 bits per heavy atom. The van der Waals surface area contributed by atoms with E-state index in [4.69, 9.17) is 0 Å². The molecular weight excluding hydrogens is 295 g/mol. The van der Waals surface area contributed by atoms with Gasteiger partial charge >= 0.3 is 0 Å². The van der Waals surface area contributed by atoms with Crippen molar-refractivity contribution in [1.82, 2.24) is 0 Å². The molecule has 0 N–H and O–H groups in total. The molecule has 86 valence electrons. The van der Waals surface area contributed by atoms with Gasteiger partial charge in [0.05, 0.1) is 0 Å². The highest BCUT2D eigenvalue weighted by molar-refractivity contribution is 14.1. The van der Waals surface area contributed by atoms with Crippen LogP contribution in [0, 0.1) is 11.3 Å². The number of hydrogen-bond donors (Lipinski definition) is 0. The average Bonchev–Trinajstić information content (AvgIpc) is 2.11. The predicted molar refractivity (Wildman–Crippen MR) is 77.5 cm³/mol. The maximum Gasteiger partial charge on any atom is 0.0319 e. The van der Waals surface area contributed by atoms with Crippen LogP contribution in [0.5, 0.6) is 0 Å². The van der Waals surface area contributed by atoms with Crippen LogP contribution in [0.4, 0.5) is 0 Å². The number of rotatable bonds is 3. The molecule has 1 rings (SSSR count). The first-order valence-corrected chi connectivity index (χ1v) is 7.06. The Morgan fingerprint density at radius 3 is 2.67 bits per heavy atom. The summed E-state index contributed by atoms with van der Waals surface area (Å²) in [5, 5.41) is 0. The van der Waals surface area contributed by atoms with Gasteiger partial charge in [-0.1, -0.05) is 54.2 Å². The van der Waals surface area contributed by atoms with Crippen LogP contribution in [0.2, 0.25) is 0 Å². The van der Waals surface area contributed by atoms with E-state index in [0.717, 1.165) is 6.42 Å². The van der Waals surface area contributed by atoms with Gasteiger partial charge in [0.2, 0.25) is 0 Å². The predicted octanol–water partition coefficient (Wildman–Crippen LogP) is 5.14. The van der Waals surface area contributed by atoms with Crippen LogP contribution in [-0.2, 0) is 0 Å². The zero-order valence-corrected chi connectivity index (χ0v) is 12.4. The van der Waals surface area contributed by atoms with Crippen molar-refractivity contribution in [2.45, 2.75) is 50.4 Å². The molecule has 0 nitrogen and oxygen atoms in total. The van der Waals surface area contributed by atoms with E-state index in [1.54, 1.807) is 0 Å². The summed E-state index contributed by atoms with van der Waals surface area (Å²) < 4.78 is 0.686. The number of halogens is 1. The van der Waals surface area contributed by atoms with Gasteiger partial charge in [-0.15, -0.1) is 6.58 Å². The van der Waals surface area contributed by atoms with Crippen LogP contribution in [-0.4, -0.2) is 3.92 Å². The second-order valence-corrected chi connectivity index (χ2v) is 7.12. The minimum atomic E-state index is 0.439. The number of alkyl halides is 1. The highest BCUT2D eigenvalue weighted by Gasteiger charge is 2.37. The van der Waals surface area contributed by atoms with Crippen LogP contribution in [0.15, 0.2) is 24.3 Å². The molecule has 1 aliphatic carbocycles. The highest BCUT2D eigenvalue weighted by Crippen LogP contribution is 2.47. The zero-order valence-electron chi connectivity index (χ0n) is 10.3. The first-order valence-electron chi connectivity index (χ1n) is 5.81. The summed E-state index contributed by atoms with van der Waals surface area (Å²) >= 11 is 2.55. The summed E-state index contributed by atoms with van der Waals surface area (Å²) in [4.78, 5) is 0. The van der Waals surface area contributed by atoms with Crippen molar-refractivity contribution in [3.05, 3.63) is 24.3 Å². The third-order valence-electron chi connectivity index (χ3n) is 3.70. The molecule has 2 atom stereocenters. The molecule has 1 fully saturated rings. The van der Waals surface area contributed by atoms with Crippen molar-refractivity contribution < 1.29 is 0 Å². The number of hydrogen-bond acceptors (Lipinski definition) is 0. The van der Waals surface area contributed by atoms with Gasteiger partial charge in [0.25, 0.3) is 0 Å². The lowest BCUT2D eigenvalue weighted by Crippen LogP contribution is -2.34. The fourth-order valence-electron chi connectivity index (χ4n) is 2.55. The summed E-state index contributed by atoms with van der Waals surface area (Å²) in [5.74, 6) is 0.685. The first kappa shape index (κ1) is 13.3. The van der Waals surface area contributed by atoms with E-state index >= 15 is 0 Å². The molecule has 2 unspecified atom stereocenters. The molecule has 0 amide bonds. The van der Waals surface area contributed by atoms with E-state index in [1.807, 2.05) is 0 Å². The summed E-state index contributed by atoms with van der Waals surface area (Å²) in [6, 6.07) is 0. The normalized spacial score (nSPS) is 30.3. The fourth-order valence-corrected chi connectivity index (χ4v) is 3.29. The van der Waals surface area contributed by atoms with Gasteiger partial charge in [-0.05, 0) is 43.9 Å². The molecule has 1 heteroatoms. The minimum absolute atomic E-state index is 0.439. The smallest absolute Gasteiger partial charge is 0.0319 e. The third-order valence-corrected chi connectivity index (χ3v) is 5.12. The Labute approximate surface area is 108 Å². The zero-order chi connectivity index (χ0) is 11.6. The molecule has 0 bridgehead atoms. The molecule has 0 aromatic heterocycles. The van der Waals surface area contributed by atoms with Gasteiger partial charge in [0.15, 0.2) is 0 Å². The van der Waals surface area contributed by atoms with Gasteiger partial charge in [0.1, 0.15) is 0 Å². The Kier molecular flexibility index (Phi) is 4.45. The molecule has 1 aliphatic rings. The molecule has 0 spiro atoms. The molecule has 0 heterocycles. The Bertz CT molecular complexity index is 263. The van der Waals surface area contributed by atoms with Crippen LogP contribution < -0.4 is 0 Å². The van der Waals surface area contributed by atoms with Crippen LogP contribution in [0.1, 0.15) is 46.5 Å². The molecule has 15 heavy (non-hydrogen) atoms. The molecule has 0 aliphatic heterocycles. The largest absolute Gasteiger partial charge is 0.100 e. The maximum atomic E-state index is 4.31. The maximum absolute atomic E-state index is 4.31. The Hall–Kier alpha value is 0.210. The second kappa shape index (κ2) is 5.03. The fraction of sp³-hybridized carbons (Fsp3) is 0.714. The lowest BCUT2D eigenvalue weighted by molar-refractivity contribution is 0.185. The van der Waals surface area contributed by atoms with Gasteiger partial charge < -0.3 is 0 Å². The molecular formula is C14H23I. The monoisotopic (exact) mass is 318 g/mol. The van der Waals surface area contributed by atoms with Crippen molar-refractivity contribution >= 4 is 22.6 Å². The van der Waals surface area contributed by atoms with Gasteiger partial charge in [-0.2, -0.15) is 0 Å². The third kappa shape index (κ3) is 3.33. The quantitative estimate of drug-likeness (QED) is 0.384. The molecule has 0 radical (unpaired) electrons. The molecule has 0 aromatic rings. The van der Waals surface area contributed by atoms with Gasteiger partial charge in [-0.25, -0.2) is 0 Å². The van der Waals surface area contributed by atoms with E-state index in [-0.39, 0.29) is 0 Å². The molecule has 0 saturated heterocycles. The van der Waals surface area contributed by atoms with E-state index in [0.29, 0.717) is 15.3 Å². The van der Waals surface area contributed by atoms with E-state index in [1.165, 1.54) is 30.4 Å². The summed E-state index contributed by atoms with van der Waals surface area (Å²) in [6.07, 6.45) is 5.02. The standard InChI is InChI=1S/C14H23I/c1-10(2)6-7-12-11(3)13(15)8-9-14(12,4)5/h12-13H,1,3,6-9H2,2,4-5H3. The van der Waals surface area contributed by atoms with E-state index in [9.17, 15) is 0 Å². The summed E-state index contributed by atoms with van der Waals surface area (Å²) in [5.41, 5.74) is 3.20. The first-order chi connectivity index (χ1) is 6.84. The Balaban J connectivity index is 2.70. The van der Waals surface area contributed by atoms with Crippen molar-refractivity contribution in [2.75, 3.05) is 0 Å². The topological polar surface area (TPSA) is 0 Å². The van der Waals surface area contributed by atoms with Crippen molar-refractivity contribution in [1.29, 1.82) is 0 Å². The van der Waals surface area contributed by atoms with E-state index < -0.39 is 0 Å². The second-order valence-electron chi connectivity index (χ2n) is 5.62. The lowest BCUT2D eigenvalue weighted by Gasteiger charge is -2.42. The molecule has 1 saturated carbocycles. The van der Waals surface area contributed by atoms with Crippen molar-refractivity contribution in [2.24, 2.45) is 11.3 Å². The van der Waals surface area contributed by atoms with Crippen molar-refractivity contribution in [3.63, 3.8) is 0 Å². The minimum Gasteiger partial charge on any atom is -0.100 e. The van der Waals surface area contributed by atoms with Gasteiger partial charge in [0, 0.05) is 3.92 Å². The highest BCUT2D eigenvalue weighted by atomic mass is 127. The van der Waals surface area contributed by atoms with Crippen LogP contribution in [0.3, 0.4) is 0 Å². The summed E-state index contributed by atoms with van der Waals surface area (Å²) in [7, 11) is 0. The van der Waals surface area contributed by atoms with E-state index in [2.05, 4.69) is 56.5 Å².